The van der Waals surface area contributed by atoms with Crippen molar-refractivity contribution < 1.29 is 9.59 Å². The quantitative estimate of drug-likeness (QED) is 0.648. The first-order valence-electron chi connectivity index (χ1n) is 8.75. The number of rotatable bonds is 7. The van der Waals surface area contributed by atoms with Crippen molar-refractivity contribution >= 4 is 34.7 Å². The monoisotopic (exact) mass is 382 g/mol. The van der Waals surface area contributed by atoms with Crippen molar-refractivity contribution in [2.75, 3.05) is 10.6 Å². The minimum atomic E-state index is -0.244. The molecule has 0 aliphatic rings. The first-order valence-corrected chi connectivity index (χ1v) is 9.63. The van der Waals surface area contributed by atoms with Gasteiger partial charge in [-0.3, -0.25) is 14.3 Å². The molecule has 27 heavy (non-hydrogen) atoms. The normalized spacial score (nSPS) is 10.6. The molecule has 2 aromatic heterocycles. The number of aromatic nitrogens is 2. The van der Waals surface area contributed by atoms with Crippen LogP contribution in [0.25, 0.3) is 0 Å². The van der Waals surface area contributed by atoms with Crippen LogP contribution >= 0.6 is 11.3 Å². The first kappa shape index (κ1) is 18.8. The SMILES string of the molecule is Cc1cc(NC(=O)c2cccc(NC(=O)CCCc3cccs3)c2)n(C)n1. The lowest BCUT2D eigenvalue weighted by Gasteiger charge is -2.08. The summed E-state index contributed by atoms with van der Waals surface area (Å²) >= 11 is 1.70. The van der Waals surface area contributed by atoms with E-state index in [1.165, 1.54) is 4.88 Å². The lowest BCUT2D eigenvalue weighted by atomic mass is 10.1. The zero-order valence-corrected chi connectivity index (χ0v) is 16.2. The number of hydrogen-bond acceptors (Lipinski definition) is 4. The number of carbonyl (C=O) groups excluding carboxylic acids is 2. The highest BCUT2D eigenvalue weighted by atomic mass is 32.1. The van der Waals surface area contributed by atoms with E-state index in [9.17, 15) is 9.59 Å². The molecule has 0 fully saturated rings. The largest absolute Gasteiger partial charge is 0.326 e. The van der Waals surface area contributed by atoms with E-state index in [4.69, 9.17) is 0 Å². The van der Waals surface area contributed by atoms with Crippen molar-refractivity contribution in [3.05, 3.63) is 64.0 Å². The van der Waals surface area contributed by atoms with Gasteiger partial charge in [-0.1, -0.05) is 12.1 Å². The Balaban J connectivity index is 1.55. The maximum Gasteiger partial charge on any atom is 0.256 e. The van der Waals surface area contributed by atoms with Crippen molar-refractivity contribution in [2.45, 2.75) is 26.2 Å². The van der Waals surface area contributed by atoms with Crippen molar-refractivity contribution in [3.8, 4) is 0 Å². The Morgan fingerprint density at radius 2 is 2.00 bits per heavy atom. The minimum Gasteiger partial charge on any atom is -0.326 e. The molecule has 0 atom stereocenters. The summed E-state index contributed by atoms with van der Waals surface area (Å²) < 4.78 is 1.62. The van der Waals surface area contributed by atoms with Gasteiger partial charge in [0.05, 0.1) is 5.69 Å². The van der Waals surface area contributed by atoms with Crippen LogP contribution in [0.1, 0.15) is 33.8 Å². The molecule has 0 bridgehead atoms. The second-order valence-corrected chi connectivity index (χ2v) is 7.34. The van der Waals surface area contributed by atoms with Gasteiger partial charge < -0.3 is 10.6 Å². The zero-order valence-electron chi connectivity index (χ0n) is 15.4. The van der Waals surface area contributed by atoms with Crippen molar-refractivity contribution in [3.63, 3.8) is 0 Å². The van der Waals surface area contributed by atoms with Gasteiger partial charge in [-0.05, 0) is 49.4 Å². The van der Waals surface area contributed by atoms with Crippen LogP contribution in [-0.2, 0) is 18.3 Å². The Kier molecular flexibility index (Phi) is 6.03. The molecular formula is C20H22N4O2S. The Hall–Kier alpha value is -2.93. The van der Waals surface area contributed by atoms with Crippen LogP contribution in [0, 0.1) is 6.92 Å². The van der Waals surface area contributed by atoms with Crippen LogP contribution < -0.4 is 10.6 Å². The maximum atomic E-state index is 12.5. The summed E-state index contributed by atoms with van der Waals surface area (Å²) in [5, 5.41) is 11.9. The summed E-state index contributed by atoms with van der Waals surface area (Å²) in [7, 11) is 1.77. The van der Waals surface area contributed by atoms with Crippen LogP contribution in [0.2, 0.25) is 0 Å². The van der Waals surface area contributed by atoms with Gasteiger partial charge in [0.15, 0.2) is 0 Å². The molecular weight excluding hydrogens is 360 g/mol. The van der Waals surface area contributed by atoms with Crippen LogP contribution in [0.3, 0.4) is 0 Å². The standard InChI is InChI=1S/C20H22N4O2S/c1-14-12-18(24(2)23-14)22-20(26)15-6-3-7-16(13-15)21-19(25)10-4-8-17-9-5-11-27-17/h3,5-7,9,11-13H,4,8,10H2,1-2H3,(H,21,25)(H,22,26). The van der Waals surface area contributed by atoms with Crippen LogP contribution in [-0.4, -0.2) is 21.6 Å². The smallest absolute Gasteiger partial charge is 0.256 e. The summed E-state index contributed by atoms with van der Waals surface area (Å²) in [5.74, 6) is 0.332. The summed E-state index contributed by atoms with van der Waals surface area (Å²) in [5.41, 5.74) is 1.92. The van der Waals surface area contributed by atoms with E-state index in [2.05, 4.69) is 21.8 Å². The number of carbonyl (C=O) groups is 2. The number of nitrogens with one attached hydrogen (secondary N) is 2. The van der Waals surface area contributed by atoms with E-state index < -0.39 is 0 Å². The van der Waals surface area contributed by atoms with E-state index in [1.54, 1.807) is 53.4 Å². The average Bonchev–Trinajstić information content (AvgIpc) is 3.25. The van der Waals surface area contributed by atoms with E-state index in [0.29, 0.717) is 23.5 Å². The summed E-state index contributed by atoms with van der Waals surface area (Å²) in [6, 6.07) is 12.8. The summed E-state index contributed by atoms with van der Waals surface area (Å²) in [6.45, 7) is 1.87. The van der Waals surface area contributed by atoms with Crippen LogP contribution in [0.5, 0.6) is 0 Å². The predicted octanol–water partition coefficient (Wildman–Crippen LogP) is 4.00. The molecule has 2 N–H and O–H groups in total. The van der Waals surface area contributed by atoms with E-state index >= 15 is 0 Å². The van der Waals surface area contributed by atoms with Crippen molar-refractivity contribution in [2.24, 2.45) is 7.05 Å². The molecule has 0 aliphatic carbocycles. The van der Waals surface area contributed by atoms with Gasteiger partial charge in [-0.25, -0.2) is 0 Å². The van der Waals surface area contributed by atoms with Gasteiger partial charge in [0.25, 0.3) is 5.91 Å². The molecule has 0 saturated carbocycles. The molecule has 3 rings (SSSR count). The third kappa shape index (κ3) is 5.27. The lowest BCUT2D eigenvalue weighted by Crippen LogP contribution is -2.16. The topological polar surface area (TPSA) is 76.0 Å². The average molecular weight is 382 g/mol. The highest BCUT2D eigenvalue weighted by Crippen LogP contribution is 2.16. The fourth-order valence-electron chi connectivity index (χ4n) is 2.76. The van der Waals surface area contributed by atoms with Crippen LogP contribution in [0.4, 0.5) is 11.5 Å². The predicted molar refractivity (Wildman–Crippen MR) is 108 cm³/mol. The van der Waals surface area contributed by atoms with E-state index in [1.807, 2.05) is 18.4 Å². The fourth-order valence-corrected chi connectivity index (χ4v) is 3.51. The van der Waals surface area contributed by atoms with Crippen LogP contribution in [0.15, 0.2) is 47.8 Å². The van der Waals surface area contributed by atoms with Gasteiger partial charge in [0.1, 0.15) is 5.82 Å². The second-order valence-electron chi connectivity index (χ2n) is 6.31. The molecule has 2 amide bonds. The molecule has 0 aliphatic heterocycles. The Bertz CT molecular complexity index is 931. The number of benzene rings is 1. The number of anilines is 2. The first-order chi connectivity index (χ1) is 13.0. The van der Waals surface area contributed by atoms with Crippen molar-refractivity contribution in [1.29, 1.82) is 0 Å². The second kappa shape index (κ2) is 8.64. The molecule has 140 valence electrons. The van der Waals surface area contributed by atoms with Gasteiger partial charge in [-0.2, -0.15) is 5.10 Å². The molecule has 3 aromatic rings. The highest BCUT2D eigenvalue weighted by molar-refractivity contribution is 7.09. The number of thiophene rings is 1. The number of hydrogen-bond donors (Lipinski definition) is 2. The molecule has 6 nitrogen and oxygen atoms in total. The minimum absolute atomic E-state index is 0.0497. The Morgan fingerprint density at radius 1 is 1.15 bits per heavy atom. The molecule has 7 heteroatoms. The molecule has 0 spiro atoms. The van der Waals surface area contributed by atoms with Gasteiger partial charge >= 0.3 is 0 Å². The van der Waals surface area contributed by atoms with Crippen molar-refractivity contribution in [1.82, 2.24) is 9.78 Å². The third-order valence-corrected chi connectivity index (χ3v) is 5.00. The highest BCUT2D eigenvalue weighted by Gasteiger charge is 2.11. The van der Waals surface area contributed by atoms with Gasteiger partial charge in [0, 0.05) is 35.7 Å². The number of nitrogens with zero attached hydrogens (tertiary/aromatic N) is 2. The van der Waals surface area contributed by atoms with E-state index in [0.717, 1.165) is 18.5 Å². The van der Waals surface area contributed by atoms with Gasteiger partial charge in [0.2, 0.25) is 5.91 Å². The molecule has 1 aromatic carbocycles. The molecule has 0 saturated heterocycles. The lowest BCUT2D eigenvalue weighted by molar-refractivity contribution is -0.116. The Labute approximate surface area is 162 Å². The maximum absolute atomic E-state index is 12.5. The van der Waals surface area contributed by atoms with E-state index in [-0.39, 0.29) is 11.8 Å². The number of amides is 2. The third-order valence-electron chi connectivity index (χ3n) is 4.06. The van der Waals surface area contributed by atoms with Gasteiger partial charge in [-0.15, -0.1) is 11.3 Å². The number of aryl methyl sites for hydroxylation is 3. The molecule has 0 unspecified atom stereocenters. The summed E-state index contributed by atoms with van der Waals surface area (Å²) in [4.78, 5) is 25.9. The molecule has 2 heterocycles. The summed E-state index contributed by atoms with van der Waals surface area (Å²) in [6.07, 6.45) is 2.15. The zero-order chi connectivity index (χ0) is 19.2. The fraction of sp³-hybridized carbons (Fsp3) is 0.250. The Morgan fingerprint density at radius 3 is 2.70 bits per heavy atom. The molecule has 0 radical (unpaired) electrons.